The van der Waals surface area contributed by atoms with E-state index >= 15 is 0 Å². The van der Waals surface area contributed by atoms with Crippen molar-refractivity contribution in [2.24, 2.45) is 5.92 Å². The van der Waals surface area contributed by atoms with Crippen LogP contribution in [0.25, 0.3) is 0 Å². The lowest BCUT2D eigenvalue weighted by atomic mass is 9.98. The van der Waals surface area contributed by atoms with E-state index in [1.165, 1.54) is 18.6 Å². The molecule has 7 heteroatoms. The van der Waals surface area contributed by atoms with E-state index < -0.39 is 0 Å². The van der Waals surface area contributed by atoms with E-state index in [-0.39, 0.29) is 17.7 Å². The summed E-state index contributed by atoms with van der Waals surface area (Å²) in [7, 11) is 4.01. The van der Waals surface area contributed by atoms with Crippen molar-refractivity contribution in [3.05, 3.63) is 24.3 Å². The summed E-state index contributed by atoms with van der Waals surface area (Å²) in [6.45, 7) is 2.53. The third-order valence-corrected chi connectivity index (χ3v) is 3.40. The van der Waals surface area contributed by atoms with Crippen LogP contribution >= 0.6 is 0 Å². The highest BCUT2D eigenvalue weighted by Crippen LogP contribution is 2.17. The normalized spacial score (nSPS) is 14.9. The molecule has 2 amide bonds. The van der Waals surface area contributed by atoms with Crippen molar-refractivity contribution in [1.29, 1.82) is 0 Å². The van der Waals surface area contributed by atoms with E-state index in [9.17, 15) is 9.59 Å². The second kappa shape index (κ2) is 7.12. The van der Waals surface area contributed by atoms with Crippen LogP contribution in [0.4, 0.5) is 0 Å². The molecule has 21 heavy (non-hydrogen) atoms. The van der Waals surface area contributed by atoms with Crippen LogP contribution in [0.3, 0.4) is 0 Å². The first-order chi connectivity index (χ1) is 10.1. The Balaban J connectivity index is 1.69. The van der Waals surface area contributed by atoms with E-state index in [1.54, 1.807) is 4.90 Å². The van der Waals surface area contributed by atoms with Gasteiger partial charge in [0.2, 0.25) is 5.91 Å². The molecule has 1 aromatic heterocycles. The first-order valence-corrected chi connectivity index (χ1v) is 7.05. The van der Waals surface area contributed by atoms with Crippen LogP contribution in [-0.4, -0.2) is 71.9 Å². The lowest BCUT2D eigenvalue weighted by Gasteiger charge is -2.37. The monoisotopic (exact) mass is 291 g/mol. The van der Waals surface area contributed by atoms with Gasteiger partial charge in [-0.15, -0.1) is 0 Å². The Morgan fingerprint density at radius 1 is 1.38 bits per heavy atom. The van der Waals surface area contributed by atoms with E-state index in [0.717, 1.165) is 13.0 Å². The second-order valence-corrected chi connectivity index (χ2v) is 5.45. The third-order valence-electron chi connectivity index (χ3n) is 3.40. The minimum absolute atomic E-state index is 0.0250. The maximum absolute atomic E-state index is 12.0. The van der Waals surface area contributed by atoms with Crippen LogP contribution in [0.1, 0.15) is 16.9 Å². The van der Waals surface area contributed by atoms with Gasteiger partial charge < -0.3 is 15.1 Å². The van der Waals surface area contributed by atoms with Crippen molar-refractivity contribution in [3.63, 3.8) is 0 Å². The largest absolute Gasteiger partial charge is 0.356 e. The Kier molecular flexibility index (Phi) is 5.21. The molecule has 0 radical (unpaired) electrons. The average Bonchev–Trinajstić information content (AvgIpc) is 2.42. The summed E-state index contributed by atoms with van der Waals surface area (Å²) < 4.78 is 0. The molecule has 0 bridgehead atoms. The maximum atomic E-state index is 12.0. The molecule has 1 saturated heterocycles. The number of aromatic nitrogens is 2. The number of carbonyl (C=O) groups is 2. The van der Waals surface area contributed by atoms with Gasteiger partial charge in [0.15, 0.2) is 0 Å². The number of amides is 2. The quantitative estimate of drug-likeness (QED) is 0.723. The summed E-state index contributed by atoms with van der Waals surface area (Å²) in [6.07, 6.45) is 5.38. The molecule has 1 aliphatic rings. The Hall–Kier alpha value is -2.02. The van der Waals surface area contributed by atoms with E-state index in [2.05, 4.69) is 20.2 Å². The van der Waals surface area contributed by atoms with Crippen molar-refractivity contribution >= 4 is 11.8 Å². The fourth-order valence-corrected chi connectivity index (χ4v) is 2.13. The Labute approximate surface area is 124 Å². The van der Waals surface area contributed by atoms with E-state index in [0.29, 0.717) is 25.3 Å². The molecule has 114 valence electrons. The minimum Gasteiger partial charge on any atom is -0.356 e. The van der Waals surface area contributed by atoms with Gasteiger partial charge >= 0.3 is 0 Å². The standard InChI is InChI=1S/C14H21N5O2/c1-18(2)7-3-4-17-13(20)11-9-19(10-11)14(21)12-8-15-5-6-16-12/h5-6,8,11H,3-4,7,9-10H2,1-2H3,(H,17,20). The van der Waals surface area contributed by atoms with Gasteiger partial charge in [0.1, 0.15) is 5.69 Å². The van der Waals surface area contributed by atoms with Crippen molar-refractivity contribution in [2.75, 3.05) is 40.3 Å². The van der Waals surface area contributed by atoms with Crippen LogP contribution in [-0.2, 0) is 4.79 Å². The Morgan fingerprint density at radius 3 is 2.76 bits per heavy atom. The SMILES string of the molecule is CN(C)CCCNC(=O)C1CN(C(=O)c2cnccn2)C1. The predicted octanol–water partition coefficient (Wildman–Crippen LogP) is -0.383. The summed E-state index contributed by atoms with van der Waals surface area (Å²) in [5, 5.41) is 2.91. The van der Waals surface area contributed by atoms with Crippen LogP contribution in [0.2, 0.25) is 0 Å². The molecule has 1 aliphatic heterocycles. The fourth-order valence-electron chi connectivity index (χ4n) is 2.13. The zero-order chi connectivity index (χ0) is 15.2. The molecule has 2 rings (SSSR count). The smallest absolute Gasteiger partial charge is 0.274 e. The van der Waals surface area contributed by atoms with E-state index in [4.69, 9.17) is 0 Å². The molecule has 0 spiro atoms. The fraction of sp³-hybridized carbons (Fsp3) is 0.571. The zero-order valence-electron chi connectivity index (χ0n) is 12.5. The van der Waals surface area contributed by atoms with Crippen LogP contribution in [0.15, 0.2) is 18.6 Å². The van der Waals surface area contributed by atoms with Gasteiger partial charge in [-0.05, 0) is 27.1 Å². The number of hydrogen-bond acceptors (Lipinski definition) is 5. The second-order valence-electron chi connectivity index (χ2n) is 5.45. The zero-order valence-corrected chi connectivity index (χ0v) is 12.5. The molecule has 0 unspecified atom stereocenters. The van der Waals surface area contributed by atoms with Crippen molar-refractivity contribution in [1.82, 2.24) is 25.1 Å². The van der Waals surface area contributed by atoms with Crippen molar-refractivity contribution < 1.29 is 9.59 Å². The number of nitrogens with zero attached hydrogens (tertiary/aromatic N) is 4. The lowest BCUT2D eigenvalue weighted by Crippen LogP contribution is -2.56. The summed E-state index contributed by atoms with van der Waals surface area (Å²) in [5.74, 6) is -0.248. The maximum Gasteiger partial charge on any atom is 0.274 e. The highest BCUT2D eigenvalue weighted by atomic mass is 16.2. The first-order valence-electron chi connectivity index (χ1n) is 7.05. The van der Waals surface area contributed by atoms with Gasteiger partial charge in [0.25, 0.3) is 5.91 Å². The topological polar surface area (TPSA) is 78.4 Å². The number of nitrogens with one attached hydrogen (secondary N) is 1. The Bertz CT molecular complexity index is 485. The Morgan fingerprint density at radius 2 is 2.14 bits per heavy atom. The van der Waals surface area contributed by atoms with Gasteiger partial charge in [-0.3, -0.25) is 14.6 Å². The molecule has 7 nitrogen and oxygen atoms in total. The summed E-state index contributed by atoms with van der Waals surface area (Å²) in [4.78, 5) is 35.4. The van der Waals surface area contributed by atoms with Gasteiger partial charge in [-0.2, -0.15) is 0 Å². The molecule has 0 aromatic carbocycles. The molecular formula is C14H21N5O2. The lowest BCUT2D eigenvalue weighted by molar-refractivity contribution is -0.128. The molecule has 1 N–H and O–H groups in total. The minimum atomic E-state index is -0.167. The van der Waals surface area contributed by atoms with Crippen LogP contribution in [0, 0.1) is 5.92 Å². The highest BCUT2D eigenvalue weighted by molar-refractivity contribution is 5.94. The van der Waals surface area contributed by atoms with Crippen LogP contribution in [0.5, 0.6) is 0 Å². The van der Waals surface area contributed by atoms with Crippen molar-refractivity contribution in [3.8, 4) is 0 Å². The summed E-state index contributed by atoms with van der Waals surface area (Å²) in [5.41, 5.74) is 0.322. The van der Waals surface area contributed by atoms with Gasteiger partial charge in [0.05, 0.1) is 12.1 Å². The molecule has 1 fully saturated rings. The van der Waals surface area contributed by atoms with Crippen molar-refractivity contribution in [2.45, 2.75) is 6.42 Å². The summed E-state index contributed by atoms with van der Waals surface area (Å²) in [6, 6.07) is 0. The number of rotatable bonds is 6. The van der Waals surface area contributed by atoms with Gasteiger partial charge in [-0.1, -0.05) is 0 Å². The molecular weight excluding hydrogens is 270 g/mol. The average molecular weight is 291 g/mol. The third kappa shape index (κ3) is 4.22. The molecule has 2 heterocycles. The molecule has 0 saturated carbocycles. The van der Waals surface area contributed by atoms with Gasteiger partial charge in [-0.25, -0.2) is 4.98 Å². The predicted molar refractivity (Wildman–Crippen MR) is 77.6 cm³/mol. The highest BCUT2D eigenvalue weighted by Gasteiger charge is 2.36. The number of carbonyl (C=O) groups excluding carboxylic acids is 2. The number of hydrogen-bond donors (Lipinski definition) is 1. The van der Waals surface area contributed by atoms with Crippen LogP contribution < -0.4 is 5.32 Å². The first kappa shape index (κ1) is 15.4. The summed E-state index contributed by atoms with van der Waals surface area (Å²) >= 11 is 0. The van der Waals surface area contributed by atoms with E-state index in [1.807, 2.05) is 14.1 Å². The molecule has 0 aliphatic carbocycles. The molecule has 1 aromatic rings. The number of likely N-dealkylation sites (tertiary alicyclic amines) is 1. The van der Waals surface area contributed by atoms with Gasteiger partial charge in [0, 0.05) is 32.0 Å². The molecule has 0 atom stereocenters.